The van der Waals surface area contributed by atoms with Crippen LogP contribution in [0.3, 0.4) is 0 Å². The fourth-order valence-corrected chi connectivity index (χ4v) is 2.61. The summed E-state index contributed by atoms with van der Waals surface area (Å²) in [4.78, 5) is 0. The Morgan fingerprint density at radius 2 is 1.87 bits per heavy atom. The number of hydrogen-bond donors (Lipinski definition) is 0. The van der Waals surface area contributed by atoms with E-state index in [0.29, 0.717) is 11.1 Å². The maximum atomic E-state index is 11.4. The minimum absolute atomic E-state index is 0.111. The van der Waals surface area contributed by atoms with Crippen molar-refractivity contribution in [3.8, 4) is 11.8 Å². The Morgan fingerprint density at radius 1 is 1.17 bits per heavy atom. The summed E-state index contributed by atoms with van der Waals surface area (Å²) in [6, 6.07) is 16.5. The lowest BCUT2D eigenvalue weighted by molar-refractivity contribution is 0.489. The predicted octanol–water partition coefficient (Wildman–Crippen LogP) is 3.71. The molecule has 0 spiro atoms. The molecule has 0 bridgehead atoms. The fraction of sp³-hybridized carbons (Fsp3) is 0.167. The van der Waals surface area contributed by atoms with Crippen LogP contribution in [-0.4, -0.2) is 14.7 Å². The Bertz CT molecular complexity index is 850. The molecule has 2 rings (SSSR count). The van der Waals surface area contributed by atoms with Crippen molar-refractivity contribution in [1.82, 2.24) is 0 Å². The highest BCUT2D eigenvalue weighted by molar-refractivity contribution is 7.86. The van der Waals surface area contributed by atoms with Crippen molar-refractivity contribution in [3.05, 3.63) is 71.3 Å². The van der Waals surface area contributed by atoms with Crippen LogP contribution in [0.4, 0.5) is 0 Å². The molecule has 23 heavy (non-hydrogen) atoms. The minimum Gasteiger partial charge on any atom is -0.382 e. The van der Waals surface area contributed by atoms with Crippen molar-refractivity contribution >= 4 is 16.2 Å². The number of allylic oxidation sites excluding steroid dienone is 1. The molecule has 0 aliphatic heterocycles. The SMILES string of the molecule is C[C@@H](/C=C/c1ccccc1)c1cc(C#N)ccc1OS(C)(=O)=O. The normalized spacial score (nSPS) is 12.7. The molecule has 0 heterocycles. The Labute approximate surface area is 136 Å². The molecule has 0 fully saturated rings. The van der Waals surface area contributed by atoms with Gasteiger partial charge < -0.3 is 4.18 Å². The van der Waals surface area contributed by atoms with E-state index in [0.717, 1.165) is 11.8 Å². The van der Waals surface area contributed by atoms with Crippen molar-refractivity contribution in [3.63, 3.8) is 0 Å². The van der Waals surface area contributed by atoms with Crippen LogP contribution in [0.1, 0.15) is 29.5 Å². The molecule has 118 valence electrons. The largest absolute Gasteiger partial charge is 0.382 e. The highest BCUT2D eigenvalue weighted by Gasteiger charge is 2.14. The van der Waals surface area contributed by atoms with Crippen LogP contribution in [0.2, 0.25) is 0 Å². The van der Waals surface area contributed by atoms with Crippen molar-refractivity contribution < 1.29 is 12.6 Å². The van der Waals surface area contributed by atoms with Gasteiger partial charge in [0, 0.05) is 11.5 Å². The van der Waals surface area contributed by atoms with Crippen LogP contribution < -0.4 is 4.18 Å². The first kappa shape index (κ1) is 16.8. The maximum absolute atomic E-state index is 11.4. The van der Waals surface area contributed by atoms with E-state index in [9.17, 15) is 8.42 Å². The van der Waals surface area contributed by atoms with Gasteiger partial charge in [-0.1, -0.05) is 49.4 Å². The zero-order valence-electron chi connectivity index (χ0n) is 12.9. The second-order valence-corrected chi connectivity index (χ2v) is 6.79. The van der Waals surface area contributed by atoms with Crippen LogP contribution in [0.5, 0.6) is 5.75 Å². The zero-order valence-corrected chi connectivity index (χ0v) is 13.7. The molecule has 5 heteroatoms. The fourth-order valence-electron chi connectivity index (χ4n) is 2.14. The number of nitriles is 1. The van der Waals surface area contributed by atoms with Gasteiger partial charge in [-0.15, -0.1) is 0 Å². The van der Waals surface area contributed by atoms with Gasteiger partial charge in [-0.3, -0.25) is 0 Å². The molecular formula is C18H17NO3S. The first-order valence-electron chi connectivity index (χ1n) is 7.06. The molecule has 0 amide bonds. The standard InChI is InChI=1S/C18H17NO3S/c1-14(8-9-15-6-4-3-5-7-15)17-12-16(13-19)10-11-18(17)22-23(2,20)21/h3-12,14H,1-2H3/b9-8+/t14-/m0/s1. The van der Waals surface area contributed by atoms with Gasteiger partial charge in [0.2, 0.25) is 0 Å². The van der Waals surface area contributed by atoms with Crippen molar-refractivity contribution in [2.24, 2.45) is 0 Å². The monoisotopic (exact) mass is 327 g/mol. The first-order chi connectivity index (χ1) is 10.9. The molecule has 1 atom stereocenters. The van der Waals surface area contributed by atoms with E-state index in [1.54, 1.807) is 6.07 Å². The highest BCUT2D eigenvalue weighted by Crippen LogP contribution is 2.30. The van der Waals surface area contributed by atoms with Crippen LogP contribution in [0.25, 0.3) is 6.08 Å². The van der Waals surface area contributed by atoms with Gasteiger partial charge in [-0.25, -0.2) is 0 Å². The van der Waals surface area contributed by atoms with Crippen molar-refractivity contribution in [2.75, 3.05) is 6.26 Å². The number of nitrogens with zero attached hydrogens (tertiary/aromatic N) is 1. The molecule has 0 N–H and O–H groups in total. The third-order valence-corrected chi connectivity index (χ3v) is 3.73. The number of hydrogen-bond acceptors (Lipinski definition) is 4. The van der Waals surface area contributed by atoms with Crippen molar-refractivity contribution in [2.45, 2.75) is 12.8 Å². The smallest absolute Gasteiger partial charge is 0.306 e. The van der Waals surface area contributed by atoms with Crippen LogP contribution in [0.15, 0.2) is 54.6 Å². The summed E-state index contributed by atoms with van der Waals surface area (Å²) in [6.07, 6.45) is 4.90. The van der Waals surface area contributed by atoms with Crippen molar-refractivity contribution in [1.29, 1.82) is 5.26 Å². The van der Waals surface area contributed by atoms with Gasteiger partial charge in [0.15, 0.2) is 0 Å². The molecule has 0 saturated heterocycles. The molecule has 0 aromatic heterocycles. The van der Waals surface area contributed by atoms with Gasteiger partial charge in [-0.05, 0) is 23.8 Å². The molecule has 0 aliphatic carbocycles. The van der Waals surface area contributed by atoms with Crippen LogP contribution >= 0.6 is 0 Å². The summed E-state index contributed by atoms with van der Waals surface area (Å²) < 4.78 is 27.8. The van der Waals surface area contributed by atoms with E-state index < -0.39 is 10.1 Å². The number of rotatable bonds is 5. The lowest BCUT2D eigenvalue weighted by Crippen LogP contribution is -2.08. The summed E-state index contributed by atoms with van der Waals surface area (Å²) in [5.74, 6) is 0.136. The average molecular weight is 327 g/mol. The van der Waals surface area contributed by atoms with Gasteiger partial charge in [0.1, 0.15) is 5.75 Å². The maximum Gasteiger partial charge on any atom is 0.306 e. The average Bonchev–Trinajstić information content (AvgIpc) is 2.52. The van der Waals surface area contributed by atoms with E-state index >= 15 is 0 Å². The molecule has 0 saturated carbocycles. The Hall–Kier alpha value is -2.58. The summed E-state index contributed by atoms with van der Waals surface area (Å²) in [5.41, 5.74) is 2.16. The molecule has 0 aliphatic rings. The van der Waals surface area contributed by atoms with Gasteiger partial charge in [-0.2, -0.15) is 13.7 Å². The van der Waals surface area contributed by atoms with Crippen LogP contribution in [0, 0.1) is 11.3 Å². The minimum atomic E-state index is -3.63. The first-order valence-corrected chi connectivity index (χ1v) is 8.87. The quantitative estimate of drug-likeness (QED) is 0.785. The van der Waals surface area contributed by atoms with E-state index in [-0.39, 0.29) is 11.7 Å². The molecule has 4 nitrogen and oxygen atoms in total. The van der Waals surface area contributed by atoms with Gasteiger partial charge >= 0.3 is 10.1 Å². The lowest BCUT2D eigenvalue weighted by atomic mass is 9.97. The third-order valence-electron chi connectivity index (χ3n) is 3.25. The van der Waals surface area contributed by atoms with Gasteiger partial charge in [0.05, 0.1) is 17.9 Å². The Morgan fingerprint density at radius 3 is 2.48 bits per heavy atom. The van der Waals surface area contributed by atoms with E-state index in [4.69, 9.17) is 9.44 Å². The predicted molar refractivity (Wildman–Crippen MR) is 90.5 cm³/mol. The number of benzene rings is 2. The molecule has 0 radical (unpaired) electrons. The molecular weight excluding hydrogens is 310 g/mol. The highest BCUT2D eigenvalue weighted by atomic mass is 32.2. The molecule has 2 aromatic carbocycles. The Kier molecular flexibility index (Phi) is 5.20. The summed E-state index contributed by atoms with van der Waals surface area (Å²) >= 11 is 0. The Balaban J connectivity index is 2.35. The summed E-state index contributed by atoms with van der Waals surface area (Å²) in [5, 5.41) is 9.05. The second-order valence-electron chi connectivity index (χ2n) is 5.21. The topological polar surface area (TPSA) is 67.2 Å². The molecule has 2 aromatic rings. The van der Waals surface area contributed by atoms with Crippen LogP contribution in [-0.2, 0) is 10.1 Å². The van der Waals surface area contributed by atoms with E-state index in [1.807, 2.05) is 49.4 Å². The molecule has 0 unspecified atom stereocenters. The van der Waals surface area contributed by atoms with Gasteiger partial charge in [0.25, 0.3) is 0 Å². The summed E-state index contributed by atoms with van der Waals surface area (Å²) in [7, 11) is -3.63. The third kappa shape index (κ3) is 4.97. The van der Waals surface area contributed by atoms with E-state index in [2.05, 4.69) is 6.07 Å². The second kappa shape index (κ2) is 7.12. The lowest BCUT2D eigenvalue weighted by Gasteiger charge is -2.13. The summed E-state index contributed by atoms with van der Waals surface area (Å²) in [6.45, 7) is 1.92. The van der Waals surface area contributed by atoms with E-state index in [1.165, 1.54) is 12.1 Å². The zero-order chi connectivity index (χ0) is 16.9.